The van der Waals surface area contributed by atoms with Gasteiger partial charge in [0.2, 0.25) is 16.2 Å². The minimum absolute atomic E-state index is 0. The highest BCUT2D eigenvalue weighted by atomic mass is 35.5. The number of aromatic nitrogens is 5. The molecule has 0 unspecified atom stereocenters. The first kappa shape index (κ1) is 41.7. The normalized spacial score (nSPS) is 17.4. The molecule has 3 aromatic carbocycles. The summed E-state index contributed by atoms with van der Waals surface area (Å²) in [7, 11) is -7.36. The van der Waals surface area contributed by atoms with Gasteiger partial charge in [0.25, 0.3) is 20.0 Å². The van der Waals surface area contributed by atoms with Crippen molar-refractivity contribution in [3.8, 4) is 0 Å². The highest BCUT2D eigenvalue weighted by Crippen LogP contribution is 2.27. The SMILES string of the molecule is C[C@H](C(=O)N[C@H]1CCN(c2ccc(S(=O)(=O)Nc3ncns3)cc2)C1)n1ccc2c(F)cccc21.Cl.N[C@H]1CCN(c2ccc(S(=O)(=O)Nc3ncns3)cc2)C1. The maximum atomic E-state index is 14.0. The van der Waals surface area contributed by atoms with E-state index < -0.39 is 26.1 Å². The van der Waals surface area contributed by atoms with Gasteiger partial charge in [-0.05, 0) is 86.5 Å². The molecule has 57 heavy (non-hydrogen) atoms. The molecule has 0 spiro atoms. The van der Waals surface area contributed by atoms with Crippen molar-refractivity contribution in [3.05, 3.63) is 97.5 Å². The first-order valence-electron chi connectivity index (χ1n) is 17.5. The van der Waals surface area contributed by atoms with Crippen LogP contribution in [0.1, 0.15) is 25.8 Å². The lowest BCUT2D eigenvalue weighted by Crippen LogP contribution is -2.40. The summed E-state index contributed by atoms with van der Waals surface area (Å²) in [5.41, 5.74) is 8.41. The number of hydrogen-bond acceptors (Lipinski definition) is 14. The number of anilines is 4. The predicted molar refractivity (Wildman–Crippen MR) is 222 cm³/mol. The summed E-state index contributed by atoms with van der Waals surface area (Å²) in [5.74, 6) is -0.446. The number of hydrogen-bond donors (Lipinski definition) is 4. The number of nitrogens with one attached hydrogen (secondary N) is 3. The van der Waals surface area contributed by atoms with Gasteiger partial charge < -0.3 is 25.4 Å². The van der Waals surface area contributed by atoms with Crippen LogP contribution in [0.4, 0.5) is 26.0 Å². The molecule has 3 aromatic heterocycles. The Bertz CT molecular complexity index is 2490. The van der Waals surface area contributed by atoms with Gasteiger partial charge in [0, 0.05) is 84.3 Å². The van der Waals surface area contributed by atoms with Crippen molar-refractivity contribution >= 4 is 94.0 Å². The fraction of sp³-hybridized carbons (Fsp3) is 0.286. The number of fused-ring (bicyclic) bond motifs is 1. The zero-order valence-electron chi connectivity index (χ0n) is 30.3. The quantitative estimate of drug-likeness (QED) is 0.140. The highest BCUT2D eigenvalue weighted by Gasteiger charge is 2.27. The van der Waals surface area contributed by atoms with Gasteiger partial charge in [-0.1, -0.05) is 6.07 Å². The molecule has 8 rings (SSSR count). The molecule has 0 saturated carbocycles. The number of halogens is 2. The summed E-state index contributed by atoms with van der Waals surface area (Å²) in [6.45, 7) is 4.83. The van der Waals surface area contributed by atoms with Gasteiger partial charge in [0.1, 0.15) is 24.5 Å². The van der Waals surface area contributed by atoms with Crippen LogP contribution in [0.3, 0.4) is 0 Å². The van der Waals surface area contributed by atoms with Gasteiger partial charge in [0.15, 0.2) is 0 Å². The van der Waals surface area contributed by atoms with E-state index in [0.29, 0.717) is 17.4 Å². The molecule has 2 saturated heterocycles. The molecule has 0 aliphatic carbocycles. The monoisotopic (exact) mass is 875 g/mol. The minimum Gasteiger partial charge on any atom is -0.370 e. The van der Waals surface area contributed by atoms with E-state index in [9.17, 15) is 26.0 Å². The molecule has 3 atom stereocenters. The Balaban J connectivity index is 0.000000214. The zero-order chi connectivity index (χ0) is 39.5. The van der Waals surface area contributed by atoms with Crippen LogP contribution in [0.25, 0.3) is 10.9 Å². The van der Waals surface area contributed by atoms with E-state index in [-0.39, 0.29) is 56.3 Å². The molecular formula is C35H39ClFN11O5S4. The van der Waals surface area contributed by atoms with Crippen molar-refractivity contribution in [2.24, 2.45) is 5.73 Å². The third kappa shape index (κ3) is 9.79. The topological polar surface area (TPSA) is 210 Å². The minimum atomic E-state index is -3.74. The Morgan fingerprint density at radius 3 is 1.86 bits per heavy atom. The van der Waals surface area contributed by atoms with E-state index in [1.807, 2.05) is 0 Å². The van der Waals surface area contributed by atoms with Crippen LogP contribution in [0.15, 0.2) is 101 Å². The van der Waals surface area contributed by atoms with Crippen LogP contribution >= 0.6 is 35.5 Å². The second-order valence-electron chi connectivity index (χ2n) is 13.2. The molecule has 5 N–H and O–H groups in total. The van der Waals surface area contributed by atoms with Gasteiger partial charge in [-0.3, -0.25) is 14.2 Å². The Hall–Kier alpha value is -4.93. The molecule has 6 aromatic rings. The lowest BCUT2D eigenvalue weighted by molar-refractivity contribution is -0.124. The predicted octanol–water partition coefficient (Wildman–Crippen LogP) is 4.69. The fourth-order valence-electron chi connectivity index (χ4n) is 6.53. The lowest BCUT2D eigenvalue weighted by atomic mass is 10.2. The summed E-state index contributed by atoms with van der Waals surface area (Å²) >= 11 is 1.96. The zero-order valence-corrected chi connectivity index (χ0v) is 34.4. The summed E-state index contributed by atoms with van der Waals surface area (Å²) in [6, 6.07) is 19.5. The Labute approximate surface area is 343 Å². The largest absolute Gasteiger partial charge is 0.370 e. The highest BCUT2D eigenvalue weighted by molar-refractivity contribution is 7.93. The molecule has 0 radical (unpaired) electrons. The first-order valence-corrected chi connectivity index (χ1v) is 22.0. The molecule has 0 bridgehead atoms. The third-order valence-corrected chi connectivity index (χ3v) is 13.6. The Morgan fingerprint density at radius 1 is 0.807 bits per heavy atom. The van der Waals surface area contributed by atoms with Crippen molar-refractivity contribution in [1.29, 1.82) is 0 Å². The number of nitrogens with two attached hydrogens (primary N) is 1. The smallest absolute Gasteiger partial charge is 0.263 e. The number of rotatable bonds is 11. The average molecular weight is 876 g/mol. The summed E-state index contributed by atoms with van der Waals surface area (Å²) in [4.78, 5) is 25.2. The summed E-state index contributed by atoms with van der Waals surface area (Å²) < 4.78 is 77.5. The van der Waals surface area contributed by atoms with Crippen LogP contribution in [-0.4, -0.2) is 84.3 Å². The van der Waals surface area contributed by atoms with Crippen molar-refractivity contribution < 1.29 is 26.0 Å². The number of sulfonamides is 2. The van der Waals surface area contributed by atoms with E-state index >= 15 is 0 Å². The molecule has 1 amide bonds. The fourth-order valence-corrected chi connectivity index (χ4v) is 9.85. The number of carbonyl (C=O) groups is 1. The van der Waals surface area contributed by atoms with Crippen LogP contribution in [0.5, 0.6) is 0 Å². The van der Waals surface area contributed by atoms with E-state index in [4.69, 9.17) is 5.73 Å². The maximum absolute atomic E-state index is 14.0. The molecular weight excluding hydrogens is 837 g/mol. The Kier molecular flexibility index (Phi) is 12.9. The second-order valence-corrected chi connectivity index (χ2v) is 18.1. The van der Waals surface area contributed by atoms with Gasteiger partial charge in [-0.25, -0.2) is 31.2 Å². The van der Waals surface area contributed by atoms with E-state index in [1.165, 1.54) is 18.7 Å². The first-order chi connectivity index (χ1) is 26.9. The summed E-state index contributed by atoms with van der Waals surface area (Å²) in [6.07, 6.45) is 6.04. The van der Waals surface area contributed by atoms with E-state index in [1.54, 1.807) is 84.4 Å². The molecule has 22 heteroatoms. The molecule has 5 heterocycles. The van der Waals surface area contributed by atoms with Crippen molar-refractivity contribution in [3.63, 3.8) is 0 Å². The van der Waals surface area contributed by atoms with Crippen molar-refractivity contribution in [2.75, 3.05) is 45.4 Å². The van der Waals surface area contributed by atoms with Crippen LogP contribution in [0, 0.1) is 5.82 Å². The maximum Gasteiger partial charge on any atom is 0.263 e. The standard InChI is InChI=1S/C23H23FN6O3S2.C12H15N5O2S2.ClH/c1-15(30-12-10-19-20(24)3-2-4-21(19)30)22(31)27-16-9-11-29(13-16)17-5-7-18(8-6-17)35(32,33)28-23-25-14-26-34-23;13-9-5-6-17(7-9)10-1-3-11(4-2-10)21(18,19)16-12-14-8-15-20-12;/h2-8,10,12,14-16H,9,11,13H2,1H3,(H,27,31)(H,25,26,28);1-4,8-9H,5-7,13H2,(H,14,15,16);1H/t15-,16+;9-;/m10./s1. The third-order valence-electron chi connectivity index (χ3n) is 9.46. The number of carbonyl (C=O) groups excluding carboxylic acids is 1. The van der Waals surface area contributed by atoms with Gasteiger partial charge >= 0.3 is 0 Å². The van der Waals surface area contributed by atoms with Gasteiger partial charge in [-0.2, -0.15) is 8.75 Å². The van der Waals surface area contributed by atoms with Crippen molar-refractivity contribution in [2.45, 2.75) is 47.7 Å². The Morgan fingerprint density at radius 2 is 1.35 bits per heavy atom. The molecule has 2 aliphatic rings. The molecule has 2 aliphatic heterocycles. The van der Waals surface area contributed by atoms with Crippen molar-refractivity contribution in [1.82, 2.24) is 28.6 Å². The second kappa shape index (κ2) is 17.7. The molecule has 302 valence electrons. The van der Waals surface area contributed by atoms with Crippen LogP contribution < -0.4 is 30.3 Å². The number of benzene rings is 3. The molecule has 2 fully saturated rings. The van der Waals surface area contributed by atoms with E-state index in [2.05, 4.69) is 43.3 Å². The van der Waals surface area contributed by atoms with Crippen LogP contribution in [-0.2, 0) is 24.8 Å². The molecule has 16 nitrogen and oxygen atoms in total. The average Bonchev–Trinajstić information content (AvgIpc) is 4.04. The van der Waals surface area contributed by atoms with Gasteiger partial charge in [0.05, 0.1) is 15.3 Å². The summed E-state index contributed by atoms with van der Waals surface area (Å²) in [5, 5.41) is 4.04. The number of nitrogens with zero attached hydrogens (tertiary/aromatic N) is 7. The van der Waals surface area contributed by atoms with E-state index in [0.717, 1.165) is 66.9 Å². The lowest BCUT2D eigenvalue weighted by Gasteiger charge is -2.21. The van der Waals surface area contributed by atoms with Crippen LogP contribution in [0.2, 0.25) is 0 Å². The number of amides is 1. The van der Waals surface area contributed by atoms with Gasteiger partial charge in [-0.15, -0.1) is 12.4 Å².